The largest absolute Gasteiger partial charge is 0.245 e. The Bertz CT molecular complexity index is 612. The molecule has 0 N–H and O–H groups in total. The second-order valence-electron chi connectivity index (χ2n) is 3.98. The molecular formula is C11H10ClFN2O2S. The third-order valence-corrected chi connectivity index (χ3v) is 5.22. The van der Waals surface area contributed by atoms with E-state index in [0.29, 0.717) is 12.8 Å². The highest BCUT2D eigenvalue weighted by molar-refractivity contribution is 7.89. The van der Waals surface area contributed by atoms with Crippen molar-refractivity contribution in [2.24, 2.45) is 0 Å². The van der Waals surface area contributed by atoms with E-state index in [2.05, 4.69) is 0 Å². The number of hydrogen-bond donors (Lipinski definition) is 0. The van der Waals surface area contributed by atoms with Gasteiger partial charge in [-0.2, -0.15) is 9.57 Å². The predicted octanol–water partition coefficient (Wildman–Crippen LogP) is 2.16. The summed E-state index contributed by atoms with van der Waals surface area (Å²) in [6, 6.07) is 4.40. The first-order valence-electron chi connectivity index (χ1n) is 5.33. The summed E-state index contributed by atoms with van der Waals surface area (Å²) in [5.41, 5.74) is 0. The van der Waals surface area contributed by atoms with Crippen LogP contribution in [0.3, 0.4) is 0 Å². The van der Waals surface area contributed by atoms with Crippen molar-refractivity contribution in [1.29, 1.82) is 5.26 Å². The van der Waals surface area contributed by atoms with E-state index in [9.17, 15) is 12.8 Å². The Labute approximate surface area is 110 Å². The Hall–Kier alpha value is -1.16. The lowest BCUT2D eigenvalue weighted by Crippen LogP contribution is -2.34. The van der Waals surface area contributed by atoms with Gasteiger partial charge in [-0.3, -0.25) is 0 Å². The van der Waals surface area contributed by atoms with Gasteiger partial charge in [-0.15, -0.1) is 0 Å². The van der Waals surface area contributed by atoms with E-state index in [-0.39, 0.29) is 16.5 Å². The molecule has 1 heterocycles. The van der Waals surface area contributed by atoms with E-state index in [1.165, 1.54) is 6.07 Å². The third-order valence-electron chi connectivity index (χ3n) is 2.83. The Morgan fingerprint density at radius 1 is 1.50 bits per heavy atom. The SMILES string of the molecule is N#CC1CCCN1S(=O)(=O)c1cc(F)ccc1Cl. The average molecular weight is 289 g/mol. The molecule has 0 aliphatic carbocycles. The predicted molar refractivity (Wildman–Crippen MR) is 63.9 cm³/mol. The van der Waals surface area contributed by atoms with Crippen LogP contribution in [0.25, 0.3) is 0 Å². The van der Waals surface area contributed by atoms with Crippen molar-refractivity contribution in [3.05, 3.63) is 29.0 Å². The van der Waals surface area contributed by atoms with Gasteiger partial charge in [0.15, 0.2) is 0 Å². The first kappa shape index (κ1) is 13.3. The molecule has 1 aromatic rings. The van der Waals surface area contributed by atoms with Gasteiger partial charge in [0.25, 0.3) is 0 Å². The minimum atomic E-state index is -3.91. The second kappa shape index (κ2) is 4.84. The van der Waals surface area contributed by atoms with Crippen LogP contribution in [-0.2, 0) is 10.0 Å². The van der Waals surface area contributed by atoms with Crippen LogP contribution >= 0.6 is 11.6 Å². The Balaban J connectivity index is 2.49. The van der Waals surface area contributed by atoms with Crippen molar-refractivity contribution in [1.82, 2.24) is 4.31 Å². The van der Waals surface area contributed by atoms with Crippen molar-refractivity contribution < 1.29 is 12.8 Å². The van der Waals surface area contributed by atoms with E-state index in [4.69, 9.17) is 16.9 Å². The molecule has 1 atom stereocenters. The Morgan fingerprint density at radius 3 is 2.89 bits per heavy atom. The molecule has 7 heteroatoms. The number of nitrogens with zero attached hydrogens (tertiary/aromatic N) is 2. The van der Waals surface area contributed by atoms with Gasteiger partial charge in [-0.1, -0.05) is 11.6 Å². The fourth-order valence-corrected chi connectivity index (χ4v) is 4.05. The molecule has 0 radical (unpaired) electrons. The van der Waals surface area contributed by atoms with Crippen molar-refractivity contribution >= 4 is 21.6 Å². The van der Waals surface area contributed by atoms with Crippen molar-refractivity contribution in [2.75, 3.05) is 6.54 Å². The van der Waals surface area contributed by atoms with Gasteiger partial charge in [-0.05, 0) is 31.0 Å². The minimum Gasteiger partial charge on any atom is -0.207 e. The summed E-state index contributed by atoms with van der Waals surface area (Å²) >= 11 is 5.79. The molecule has 18 heavy (non-hydrogen) atoms. The molecule has 0 saturated carbocycles. The first-order valence-corrected chi connectivity index (χ1v) is 7.15. The van der Waals surface area contributed by atoms with Crippen LogP contribution in [0.15, 0.2) is 23.1 Å². The maximum absolute atomic E-state index is 13.1. The smallest absolute Gasteiger partial charge is 0.207 e. The van der Waals surface area contributed by atoms with Crippen LogP contribution in [-0.4, -0.2) is 25.3 Å². The molecule has 1 aromatic carbocycles. The zero-order valence-corrected chi connectivity index (χ0v) is 10.9. The molecule has 0 aromatic heterocycles. The van der Waals surface area contributed by atoms with Gasteiger partial charge in [0.05, 0.1) is 11.1 Å². The maximum Gasteiger partial charge on any atom is 0.245 e. The van der Waals surface area contributed by atoms with Crippen LogP contribution in [0.4, 0.5) is 4.39 Å². The first-order chi connectivity index (χ1) is 8.46. The van der Waals surface area contributed by atoms with Crippen molar-refractivity contribution in [3.63, 3.8) is 0 Å². The summed E-state index contributed by atoms with van der Waals surface area (Å²) in [5, 5.41) is 8.87. The number of hydrogen-bond acceptors (Lipinski definition) is 3. The van der Waals surface area contributed by atoms with Crippen molar-refractivity contribution in [2.45, 2.75) is 23.8 Å². The van der Waals surface area contributed by atoms with Gasteiger partial charge in [-0.25, -0.2) is 12.8 Å². The highest BCUT2D eigenvalue weighted by atomic mass is 35.5. The van der Waals surface area contributed by atoms with Crippen LogP contribution in [0.1, 0.15) is 12.8 Å². The fourth-order valence-electron chi connectivity index (χ4n) is 1.96. The molecular weight excluding hydrogens is 279 g/mol. The van der Waals surface area contributed by atoms with Gasteiger partial charge in [0.2, 0.25) is 10.0 Å². The van der Waals surface area contributed by atoms with Gasteiger partial charge in [0, 0.05) is 6.54 Å². The molecule has 0 spiro atoms. The van der Waals surface area contributed by atoms with E-state index in [0.717, 1.165) is 16.4 Å². The normalized spacial score (nSPS) is 20.8. The van der Waals surface area contributed by atoms with Crippen LogP contribution in [0.2, 0.25) is 5.02 Å². The Morgan fingerprint density at radius 2 is 2.22 bits per heavy atom. The monoisotopic (exact) mass is 288 g/mol. The van der Waals surface area contributed by atoms with E-state index in [1.807, 2.05) is 6.07 Å². The van der Waals surface area contributed by atoms with Gasteiger partial charge < -0.3 is 0 Å². The third kappa shape index (κ3) is 2.21. The highest BCUT2D eigenvalue weighted by Gasteiger charge is 2.36. The minimum absolute atomic E-state index is 0.0417. The number of benzene rings is 1. The quantitative estimate of drug-likeness (QED) is 0.838. The zero-order valence-electron chi connectivity index (χ0n) is 9.31. The summed E-state index contributed by atoms with van der Waals surface area (Å²) in [6.45, 7) is 0.257. The highest BCUT2D eigenvalue weighted by Crippen LogP contribution is 2.30. The molecule has 1 aliphatic rings. The summed E-state index contributed by atoms with van der Waals surface area (Å²) in [4.78, 5) is -0.286. The molecule has 0 bridgehead atoms. The lowest BCUT2D eigenvalue weighted by molar-refractivity contribution is 0.437. The fraction of sp³-hybridized carbons (Fsp3) is 0.364. The van der Waals surface area contributed by atoms with Crippen LogP contribution < -0.4 is 0 Å². The molecule has 0 amide bonds. The molecule has 1 unspecified atom stereocenters. The van der Waals surface area contributed by atoms with E-state index >= 15 is 0 Å². The molecule has 1 fully saturated rings. The van der Waals surface area contributed by atoms with Gasteiger partial charge >= 0.3 is 0 Å². The van der Waals surface area contributed by atoms with E-state index < -0.39 is 21.9 Å². The summed E-state index contributed by atoms with van der Waals surface area (Å²) in [6.07, 6.45) is 1.10. The zero-order chi connectivity index (χ0) is 13.3. The molecule has 96 valence electrons. The lowest BCUT2D eigenvalue weighted by atomic mass is 10.2. The van der Waals surface area contributed by atoms with Gasteiger partial charge in [0.1, 0.15) is 16.8 Å². The van der Waals surface area contributed by atoms with Crippen LogP contribution in [0, 0.1) is 17.1 Å². The molecule has 4 nitrogen and oxygen atoms in total. The number of nitriles is 1. The summed E-state index contributed by atoms with van der Waals surface area (Å²) < 4.78 is 38.8. The number of rotatable bonds is 2. The number of sulfonamides is 1. The standard InChI is InChI=1S/C11H10ClFN2O2S/c12-10-4-3-8(13)6-11(10)18(16,17)15-5-1-2-9(15)7-14/h3-4,6,9H,1-2,5H2. The average Bonchev–Trinajstić information content (AvgIpc) is 2.81. The van der Waals surface area contributed by atoms with Crippen LogP contribution in [0.5, 0.6) is 0 Å². The Kier molecular flexibility index (Phi) is 3.57. The summed E-state index contributed by atoms with van der Waals surface area (Å²) in [5.74, 6) is -0.675. The summed E-state index contributed by atoms with van der Waals surface area (Å²) in [7, 11) is -3.91. The lowest BCUT2D eigenvalue weighted by Gasteiger charge is -2.19. The maximum atomic E-state index is 13.1. The van der Waals surface area contributed by atoms with Crippen molar-refractivity contribution in [3.8, 4) is 6.07 Å². The topological polar surface area (TPSA) is 61.2 Å². The molecule has 1 saturated heterocycles. The van der Waals surface area contributed by atoms with E-state index in [1.54, 1.807) is 0 Å². The molecule has 1 aliphatic heterocycles. The second-order valence-corrected chi connectivity index (χ2v) is 6.24. The number of halogens is 2. The molecule has 2 rings (SSSR count).